The van der Waals surface area contributed by atoms with Gasteiger partial charge in [0.15, 0.2) is 5.82 Å². The fourth-order valence-corrected chi connectivity index (χ4v) is 3.72. The van der Waals surface area contributed by atoms with E-state index in [1.165, 1.54) is 12.0 Å². The molecule has 150 valence electrons. The lowest BCUT2D eigenvalue weighted by Gasteiger charge is -2.09. The third kappa shape index (κ3) is 5.09. The number of anilines is 1. The van der Waals surface area contributed by atoms with Crippen molar-refractivity contribution < 1.29 is 4.79 Å². The predicted molar refractivity (Wildman–Crippen MR) is 115 cm³/mol. The summed E-state index contributed by atoms with van der Waals surface area (Å²) in [5, 5.41) is 13.6. The zero-order valence-electron chi connectivity index (χ0n) is 16.7. The van der Waals surface area contributed by atoms with Gasteiger partial charge in [0, 0.05) is 17.7 Å². The van der Waals surface area contributed by atoms with E-state index in [4.69, 9.17) is 0 Å². The summed E-state index contributed by atoms with van der Waals surface area (Å²) in [5.74, 6) is 2.20. The number of benzene rings is 2. The topological polar surface area (TPSA) is 82.7 Å². The van der Waals surface area contributed by atoms with Gasteiger partial charge in [-0.1, -0.05) is 43.3 Å². The van der Waals surface area contributed by atoms with E-state index in [1.54, 1.807) is 0 Å². The number of nitrogens with one attached hydrogen (secondary N) is 3. The first-order valence-corrected chi connectivity index (χ1v) is 10.3. The van der Waals surface area contributed by atoms with Crippen molar-refractivity contribution in [2.75, 3.05) is 18.4 Å². The van der Waals surface area contributed by atoms with Gasteiger partial charge in [0.25, 0.3) is 0 Å². The Morgan fingerprint density at radius 2 is 2.00 bits per heavy atom. The highest BCUT2D eigenvalue weighted by Crippen LogP contribution is 2.20. The van der Waals surface area contributed by atoms with Gasteiger partial charge in [-0.2, -0.15) is 5.10 Å². The summed E-state index contributed by atoms with van der Waals surface area (Å²) < 4.78 is 0. The molecule has 1 amide bonds. The molecular formula is C23H27N5O. The van der Waals surface area contributed by atoms with Gasteiger partial charge in [0.1, 0.15) is 5.82 Å². The molecule has 3 aromatic rings. The van der Waals surface area contributed by atoms with Crippen LogP contribution >= 0.6 is 0 Å². The van der Waals surface area contributed by atoms with Crippen LogP contribution < -0.4 is 10.6 Å². The molecule has 2 aromatic carbocycles. The standard InChI is InChI=1S/C23H27N5O/c1-2-21-26-23(28-27-21)19-4-3-5-20(14-19)25-22(29)13-17-8-6-16(7-9-17)12-18-10-11-24-15-18/h3-9,14,18,24H,2,10-13,15H2,1H3,(H,25,29)(H,26,27,28). The second kappa shape index (κ2) is 9.01. The molecule has 1 atom stereocenters. The average molecular weight is 390 g/mol. The Bertz CT molecular complexity index is 957. The summed E-state index contributed by atoms with van der Waals surface area (Å²) in [6, 6.07) is 16.1. The summed E-state index contributed by atoms with van der Waals surface area (Å²) in [4.78, 5) is 16.9. The van der Waals surface area contributed by atoms with Crippen LogP contribution in [0.25, 0.3) is 11.4 Å². The predicted octanol–water partition coefficient (Wildman–Crippen LogP) is 3.37. The van der Waals surface area contributed by atoms with Crippen LogP contribution in [0.3, 0.4) is 0 Å². The fourth-order valence-electron chi connectivity index (χ4n) is 3.72. The number of aryl methyl sites for hydroxylation is 1. The third-order valence-electron chi connectivity index (χ3n) is 5.35. The van der Waals surface area contributed by atoms with Gasteiger partial charge in [-0.3, -0.25) is 9.89 Å². The average Bonchev–Trinajstić information content (AvgIpc) is 3.41. The molecule has 0 radical (unpaired) electrons. The minimum Gasteiger partial charge on any atom is -0.326 e. The van der Waals surface area contributed by atoms with Crippen LogP contribution in [-0.4, -0.2) is 34.2 Å². The number of amides is 1. The molecule has 1 unspecified atom stereocenters. The zero-order valence-corrected chi connectivity index (χ0v) is 16.7. The highest BCUT2D eigenvalue weighted by molar-refractivity contribution is 5.92. The second-order valence-corrected chi connectivity index (χ2v) is 7.64. The Morgan fingerprint density at radius 1 is 1.17 bits per heavy atom. The summed E-state index contributed by atoms with van der Waals surface area (Å²) >= 11 is 0. The van der Waals surface area contributed by atoms with Crippen LogP contribution in [0.1, 0.15) is 30.3 Å². The minimum absolute atomic E-state index is 0.0286. The first-order valence-electron chi connectivity index (χ1n) is 10.3. The Morgan fingerprint density at radius 3 is 2.72 bits per heavy atom. The molecule has 0 aliphatic carbocycles. The van der Waals surface area contributed by atoms with Crippen LogP contribution in [0, 0.1) is 5.92 Å². The van der Waals surface area contributed by atoms with Crippen molar-refractivity contribution in [2.45, 2.75) is 32.6 Å². The van der Waals surface area contributed by atoms with Crippen molar-refractivity contribution in [3.63, 3.8) is 0 Å². The van der Waals surface area contributed by atoms with Gasteiger partial charge in [-0.05, 0) is 55.1 Å². The van der Waals surface area contributed by atoms with Gasteiger partial charge >= 0.3 is 0 Å². The number of rotatable bonds is 7. The molecule has 29 heavy (non-hydrogen) atoms. The van der Waals surface area contributed by atoms with E-state index < -0.39 is 0 Å². The van der Waals surface area contributed by atoms with Crippen LogP contribution in [0.2, 0.25) is 0 Å². The van der Waals surface area contributed by atoms with Crippen molar-refractivity contribution in [3.8, 4) is 11.4 Å². The monoisotopic (exact) mass is 389 g/mol. The maximum absolute atomic E-state index is 12.5. The molecule has 6 nitrogen and oxygen atoms in total. The largest absolute Gasteiger partial charge is 0.326 e. The molecule has 1 saturated heterocycles. The Kier molecular flexibility index (Phi) is 6.00. The fraction of sp³-hybridized carbons (Fsp3) is 0.348. The molecule has 1 aromatic heterocycles. The number of H-pyrrole nitrogens is 1. The lowest BCUT2D eigenvalue weighted by atomic mass is 9.97. The quantitative estimate of drug-likeness (QED) is 0.579. The zero-order chi connectivity index (χ0) is 20.1. The second-order valence-electron chi connectivity index (χ2n) is 7.64. The Balaban J connectivity index is 1.35. The van der Waals surface area contributed by atoms with E-state index in [2.05, 4.69) is 50.1 Å². The van der Waals surface area contributed by atoms with Crippen LogP contribution in [0.4, 0.5) is 5.69 Å². The molecule has 1 aliphatic rings. The molecule has 3 N–H and O–H groups in total. The lowest BCUT2D eigenvalue weighted by molar-refractivity contribution is -0.115. The summed E-state index contributed by atoms with van der Waals surface area (Å²) in [5.41, 5.74) is 3.99. The van der Waals surface area contributed by atoms with E-state index in [-0.39, 0.29) is 5.91 Å². The van der Waals surface area contributed by atoms with E-state index >= 15 is 0 Å². The molecular weight excluding hydrogens is 362 g/mol. The van der Waals surface area contributed by atoms with Gasteiger partial charge < -0.3 is 10.6 Å². The summed E-state index contributed by atoms with van der Waals surface area (Å²) in [6.07, 6.45) is 3.51. The number of aromatic nitrogens is 3. The lowest BCUT2D eigenvalue weighted by Crippen LogP contribution is -2.14. The van der Waals surface area contributed by atoms with Crippen molar-refractivity contribution in [3.05, 3.63) is 65.5 Å². The van der Waals surface area contributed by atoms with E-state index in [0.29, 0.717) is 12.2 Å². The molecule has 0 bridgehead atoms. The number of aromatic amines is 1. The first kappa shape index (κ1) is 19.3. The molecule has 1 aliphatic heterocycles. The minimum atomic E-state index is -0.0286. The smallest absolute Gasteiger partial charge is 0.228 e. The SMILES string of the molecule is CCc1nc(-c2cccc(NC(=O)Cc3ccc(CC4CCNC4)cc3)c2)n[nH]1. The molecule has 4 rings (SSSR count). The van der Waals surface area contributed by atoms with Gasteiger partial charge in [-0.25, -0.2) is 4.98 Å². The van der Waals surface area contributed by atoms with Crippen molar-refractivity contribution in [2.24, 2.45) is 5.92 Å². The number of hydrogen-bond acceptors (Lipinski definition) is 4. The van der Waals surface area contributed by atoms with Gasteiger partial charge in [0.05, 0.1) is 6.42 Å². The number of carbonyl (C=O) groups is 1. The first-order chi connectivity index (χ1) is 14.2. The number of hydrogen-bond donors (Lipinski definition) is 3. The maximum Gasteiger partial charge on any atom is 0.228 e. The molecule has 0 saturated carbocycles. The molecule has 6 heteroatoms. The molecule has 2 heterocycles. The summed E-state index contributed by atoms with van der Waals surface area (Å²) in [6.45, 7) is 4.26. The Labute approximate surface area is 171 Å². The van der Waals surface area contributed by atoms with Crippen LogP contribution in [0.5, 0.6) is 0 Å². The molecule has 1 fully saturated rings. The maximum atomic E-state index is 12.5. The highest BCUT2D eigenvalue weighted by Gasteiger charge is 2.15. The molecule has 0 spiro atoms. The van der Waals surface area contributed by atoms with Crippen molar-refractivity contribution in [1.82, 2.24) is 20.5 Å². The van der Waals surface area contributed by atoms with Crippen LogP contribution in [-0.2, 0) is 24.1 Å². The summed E-state index contributed by atoms with van der Waals surface area (Å²) in [7, 11) is 0. The van der Waals surface area contributed by atoms with Gasteiger partial charge in [-0.15, -0.1) is 0 Å². The Hall–Kier alpha value is -2.99. The number of nitrogens with zero attached hydrogens (tertiary/aromatic N) is 2. The van der Waals surface area contributed by atoms with E-state index in [1.807, 2.05) is 31.2 Å². The normalized spacial score (nSPS) is 16.1. The number of carbonyl (C=O) groups excluding carboxylic acids is 1. The third-order valence-corrected chi connectivity index (χ3v) is 5.35. The van der Waals surface area contributed by atoms with Crippen LogP contribution in [0.15, 0.2) is 48.5 Å². The van der Waals surface area contributed by atoms with Crippen molar-refractivity contribution >= 4 is 11.6 Å². The van der Waals surface area contributed by atoms with Gasteiger partial charge in [0.2, 0.25) is 5.91 Å². The van der Waals surface area contributed by atoms with E-state index in [9.17, 15) is 4.79 Å². The highest BCUT2D eigenvalue weighted by atomic mass is 16.1. The van der Waals surface area contributed by atoms with Crippen molar-refractivity contribution in [1.29, 1.82) is 0 Å². The van der Waals surface area contributed by atoms with E-state index in [0.717, 1.165) is 54.5 Å².